The molecule has 2 heterocycles. The number of hydrogen-bond acceptors (Lipinski definition) is 6. The molecule has 0 unspecified atom stereocenters. The van der Waals surface area contributed by atoms with Crippen LogP contribution in [0.4, 0.5) is 0 Å². The predicted octanol–water partition coefficient (Wildman–Crippen LogP) is 5.34. The van der Waals surface area contributed by atoms with Crippen LogP contribution in [-0.4, -0.2) is 36.8 Å². The fourth-order valence-corrected chi connectivity index (χ4v) is 4.61. The number of halogens is 1. The minimum Gasteiger partial charge on any atom is -0.497 e. The SMILES string of the molecule is CC.COc1ccc(-c2nn(S(=O)(=O)c3ccc(C)cc3)c3nccc(Cl)c23)c(OC)c1. The fraction of sp³-hybridized carbons (Fsp3) is 0.217. The molecule has 168 valence electrons. The molecule has 0 atom stereocenters. The van der Waals surface area contributed by atoms with Crippen LogP contribution in [0.15, 0.2) is 59.6 Å². The summed E-state index contributed by atoms with van der Waals surface area (Å²) in [7, 11) is -0.936. The molecule has 0 saturated carbocycles. The first-order chi connectivity index (χ1) is 15.4. The van der Waals surface area contributed by atoms with E-state index in [0.29, 0.717) is 33.2 Å². The van der Waals surface area contributed by atoms with Crippen molar-refractivity contribution in [3.05, 3.63) is 65.3 Å². The largest absolute Gasteiger partial charge is 0.497 e. The van der Waals surface area contributed by atoms with E-state index in [-0.39, 0.29) is 10.5 Å². The van der Waals surface area contributed by atoms with Crippen molar-refractivity contribution < 1.29 is 17.9 Å². The first kappa shape index (κ1) is 23.6. The zero-order valence-corrected chi connectivity index (χ0v) is 20.0. The summed E-state index contributed by atoms with van der Waals surface area (Å²) in [4.78, 5) is 4.36. The normalized spacial score (nSPS) is 11.1. The summed E-state index contributed by atoms with van der Waals surface area (Å²) in [5.41, 5.74) is 1.99. The number of ether oxygens (including phenoxy) is 2. The van der Waals surface area contributed by atoms with Gasteiger partial charge in [-0.2, -0.15) is 13.5 Å². The Balaban J connectivity index is 0.00000141. The lowest BCUT2D eigenvalue weighted by atomic mass is 10.1. The Hall–Kier alpha value is -3.10. The van der Waals surface area contributed by atoms with E-state index in [0.717, 1.165) is 9.65 Å². The van der Waals surface area contributed by atoms with Gasteiger partial charge >= 0.3 is 0 Å². The first-order valence-corrected chi connectivity index (χ1v) is 11.8. The molecule has 0 saturated heterocycles. The average molecular weight is 474 g/mol. The molecule has 2 aromatic heterocycles. The second kappa shape index (κ2) is 9.58. The highest BCUT2D eigenvalue weighted by atomic mass is 35.5. The maximum Gasteiger partial charge on any atom is 0.284 e. The van der Waals surface area contributed by atoms with Gasteiger partial charge in [0.05, 0.1) is 29.5 Å². The van der Waals surface area contributed by atoms with Crippen molar-refractivity contribution in [3.8, 4) is 22.8 Å². The van der Waals surface area contributed by atoms with E-state index >= 15 is 0 Å². The van der Waals surface area contributed by atoms with Crippen molar-refractivity contribution in [2.45, 2.75) is 25.7 Å². The number of hydrogen-bond donors (Lipinski definition) is 0. The van der Waals surface area contributed by atoms with Gasteiger partial charge in [-0.05, 0) is 37.3 Å². The minimum atomic E-state index is -4.00. The van der Waals surface area contributed by atoms with Crippen LogP contribution < -0.4 is 9.47 Å². The number of fused-ring (bicyclic) bond motifs is 1. The lowest BCUT2D eigenvalue weighted by Gasteiger charge is -2.09. The van der Waals surface area contributed by atoms with Gasteiger partial charge in [0.2, 0.25) is 0 Å². The molecular formula is C23H24ClN3O4S. The van der Waals surface area contributed by atoms with Gasteiger partial charge in [0.1, 0.15) is 17.2 Å². The Morgan fingerprint density at radius 2 is 1.66 bits per heavy atom. The predicted molar refractivity (Wildman–Crippen MR) is 126 cm³/mol. The van der Waals surface area contributed by atoms with Crippen LogP contribution in [0.3, 0.4) is 0 Å². The van der Waals surface area contributed by atoms with Gasteiger partial charge in [0, 0.05) is 17.8 Å². The molecule has 4 aromatic rings. The van der Waals surface area contributed by atoms with Gasteiger partial charge in [-0.15, -0.1) is 4.09 Å². The van der Waals surface area contributed by atoms with Crippen molar-refractivity contribution in [1.82, 2.24) is 14.2 Å². The van der Waals surface area contributed by atoms with Gasteiger partial charge in [0.15, 0.2) is 5.65 Å². The highest BCUT2D eigenvalue weighted by Crippen LogP contribution is 2.39. The maximum atomic E-state index is 13.3. The van der Waals surface area contributed by atoms with Crippen molar-refractivity contribution in [1.29, 1.82) is 0 Å². The lowest BCUT2D eigenvalue weighted by Crippen LogP contribution is -2.15. The molecule has 0 aliphatic rings. The molecular weight excluding hydrogens is 450 g/mol. The summed E-state index contributed by atoms with van der Waals surface area (Å²) in [6, 6.07) is 13.3. The zero-order valence-electron chi connectivity index (χ0n) is 18.5. The molecule has 4 rings (SSSR count). The third kappa shape index (κ3) is 4.16. The van der Waals surface area contributed by atoms with E-state index in [1.165, 1.54) is 25.4 Å². The monoisotopic (exact) mass is 473 g/mol. The third-order valence-electron chi connectivity index (χ3n) is 4.70. The molecule has 2 aromatic carbocycles. The number of nitrogens with zero attached hydrogens (tertiary/aromatic N) is 3. The molecule has 0 aliphatic heterocycles. The molecule has 32 heavy (non-hydrogen) atoms. The topological polar surface area (TPSA) is 83.3 Å². The molecule has 0 bridgehead atoms. The smallest absolute Gasteiger partial charge is 0.284 e. The van der Waals surface area contributed by atoms with Crippen LogP contribution in [-0.2, 0) is 10.0 Å². The summed E-state index contributed by atoms with van der Waals surface area (Å²) >= 11 is 6.44. The molecule has 0 N–H and O–H groups in total. The molecule has 0 aliphatic carbocycles. The molecule has 0 radical (unpaired) electrons. The van der Waals surface area contributed by atoms with Gasteiger partial charge in [-0.3, -0.25) is 0 Å². The van der Waals surface area contributed by atoms with Crippen LogP contribution in [0.2, 0.25) is 5.02 Å². The van der Waals surface area contributed by atoms with E-state index in [1.807, 2.05) is 20.8 Å². The number of pyridine rings is 1. The van der Waals surface area contributed by atoms with Crippen LogP contribution in [0.25, 0.3) is 22.3 Å². The third-order valence-corrected chi connectivity index (χ3v) is 6.59. The van der Waals surface area contributed by atoms with E-state index in [1.54, 1.807) is 43.5 Å². The first-order valence-electron chi connectivity index (χ1n) is 9.94. The second-order valence-corrected chi connectivity index (χ2v) is 8.74. The highest BCUT2D eigenvalue weighted by molar-refractivity contribution is 7.90. The summed E-state index contributed by atoms with van der Waals surface area (Å²) in [6.45, 7) is 5.88. The van der Waals surface area contributed by atoms with Crippen molar-refractivity contribution in [2.75, 3.05) is 14.2 Å². The standard InChI is InChI=1S/C21H18ClN3O4S.C2H6/c1-13-4-7-15(8-5-13)30(26,27)25-21-19(17(22)10-11-23-21)20(24-25)16-9-6-14(28-2)12-18(16)29-3;1-2/h4-12H,1-3H3;1-2H3. The maximum absolute atomic E-state index is 13.3. The van der Waals surface area contributed by atoms with Crippen molar-refractivity contribution in [3.63, 3.8) is 0 Å². The molecule has 7 nitrogen and oxygen atoms in total. The summed E-state index contributed by atoms with van der Waals surface area (Å²) < 4.78 is 38.3. The Bertz CT molecular complexity index is 1350. The fourth-order valence-electron chi connectivity index (χ4n) is 3.14. The Labute approximate surface area is 192 Å². The zero-order chi connectivity index (χ0) is 23.5. The number of aryl methyl sites for hydroxylation is 1. The van der Waals surface area contributed by atoms with E-state index < -0.39 is 10.0 Å². The van der Waals surface area contributed by atoms with Gasteiger partial charge in [-0.1, -0.05) is 43.1 Å². The minimum absolute atomic E-state index is 0.104. The van der Waals surface area contributed by atoms with Gasteiger partial charge in [0.25, 0.3) is 10.0 Å². The van der Waals surface area contributed by atoms with E-state index in [9.17, 15) is 8.42 Å². The summed E-state index contributed by atoms with van der Waals surface area (Å²) in [5.74, 6) is 1.06. The molecule has 9 heteroatoms. The van der Waals surface area contributed by atoms with Gasteiger partial charge < -0.3 is 9.47 Å². The summed E-state index contributed by atoms with van der Waals surface area (Å²) in [5, 5.41) is 5.16. The Morgan fingerprint density at radius 3 is 2.28 bits per heavy atom. The van der Waals surface area contributed by atoms with Crippen LogP contribution in [0.5, 0.6) is 11.5 Å². The van der Waals surface area contributed by atoms with Crippen LogP contribution >= 0.6 is 11.6 Å². The Kier molecular flexibility index (Phi) is 7.06. The highest BCUT2D eigenvalue weighted by Gasteiger charge is 2.27. The van der Waals surface area contributed by atoms with Gasteiger partial charge in [-0.25, -0.2) is 4.98 Å². The second-order valence-electron chi connectivity index (χ2n) is 6.57. The quantitative estimate of drug-likeness (QED) is 0.389. The number of benzene rings is 2. The van der Waals surface area contributed by atoms with E-state index in [4.69, 9.17) is 21.1 Å². The van der Waals surface area contributed by atoms with Crippen molar-refractivity contribution >= 4 is 32.7 Å². The van der Waals surface area contributed by atoms with E-state index in [2.05, 4.69) is 10.1 Å². The number of aromatic nitrogens is 3. The number of rotatable bonds is 5. The lowest BCUT2D eigenvalue weighted by molar-refractivity contribution is 0.395. The Morgan fingerprint density at radius 1 is 0.969 bits per heavy atom. The number of methoxy groups -OCH3 is 2. The molecule has 0 spiro atoms. The summed E-state index contributed by atoms with van der Waals surface area (Å²) in [6.07, 6.45) is 1.45. The average Bonchev–Trinajstić information content (AvgIpc) is 3.22. The molecule has 0 amide bonds. The van der Waals surface area contributed by atoms with Crippen LogP contribution in [0.1, 0.15) is 19.4 Å². The van der Waals surface area contributed by atoms with Crippen molar-refractivity contribution in [2.24, 2.45) is 0 Å². The molecule has 0 fully saturated rings. The van der Waals surface area contributed by atoms with Crippen LogP contribution in [0, 0.1) is 6.92 Å².